The fourth-order valence-electron chi connectivity index (χ4n) is 3.96. The molecule has 1 aromatic heterocycles. The number of piperidine rings is 1. The van der Waals surface area contributed by atoms with E-state index < -0.39 is 0 Å². The molecule has 0 unspecified atom stereocenters. The van der Waals surface area contributed by atoms with Crippen molar-refractivity contribution in [3.8, 4) is 0 Å². The van der Waals surface area contributed by atoms with Gasteiger partial charge in [0.05, 0.1) is 5.54 Å². The number of carbonyl (C=O) groups excluding carboxylic acids is 1. The van der Waals surface area contributed by atoms with Crippen molar-refractivity contribution in [2.75, 3.05) is 13.1 Å². The van der Waals surface area contributed by atoms with Crippen LogP contribution in [0, 0.1) is 0 Å². The molecular weight excluding hydrogens is 328 g/mol. The van der Waals surface area contributed by atoms with Gasteiger partial charge in [0, 0.05) is 23.3 Å². The van der Waals surface area contributed by atoms with Gasteiger partial charge in [0.25, 0.3) is 0 Å². The third-order valence-electron chi connectivity index (χ3n) is 5.04. The summed E-state index contributed by atoms with van der Waals surface area (Å²) in [5, 5.41) is 0. The summed E-state index contributed by atoms with van der Waals surface area (Å²) < 4.78 is 0.950. The van der Waals surface area contributed by atoms with Crippen LogP contribution in [0.15, 0.2) is 22.9 Å². The Kier molecular flexibility index (Phi) is 4.75. The van der Waals surface area contributed by atoms with Crippen molar-refractivity contribution < 1.29 is 4.79 Å². The minimum Gasteiger partial charge on any atom is -0.297 e. The van der Waals surface area contributed by atoms with Crippen LogP contribution >= 0.6 is 15.9 Å². The molecule has 1 aliphatic heterocycles. The van der Waals surface area contributed by atoms with E-state index in [1.54, 1.807) is 6.20 Å². The van der Waals surface area contributed by atoms with Gasteiger partial charge in [-0.1, -0.05) is 19.3 Å². The Morgan fingerprint density at radius 2 is 1.86 bits per heavy atom. The number of pyridine rings is 1. The maximum Gasteiger partial charge on any atom is 0.157 e. The van der Waals surface area contributed by atoms with Crippen LogP contribution < -0.4 is 0 Å². The summed E-state index contributed by atoms with van der Waals surface area (Å²) in [5.74, 6) is 0.404. The number of hydrogen-bond donors (Lipinski definition) is 0. The predicted octanol–water partition coefficient (Wildman–Crippen LogP) is 3.75. The van der Waals surface area contributed by atoms with Gasteiger partial charge in [0.15, 0.2) is 5.78 Å². The van der Waals surface area contributed by atoms with Gasteiger partial charge in [-0.15, -0.1) is 0 Å². The minimum atomic E-state index is -0.178. The fourth-order valence-corrected chi connectivity index (χ4v) is 4.37. The Bertz CT molecular complexity index is 505. The summed E-state index contributed by atoms with van der Waals surface area (Å²) in [5.41, 5.74) is 0.848. The lowest BCUT2D eigenvalue weighted by molar-refractivity contribution is -0.131. The number of hydrogen-bond acceptors (Lipinski definition) is 3. The number of likely N-dealkylation sites (tertiary alicyclic amines) is 1. The van der Waals surface area contributed by atoms with Crippen LogP contribution in [-0.2, 0) is 11.2 Å². The van der Waals surface area contributed by atoms with Gasteiger partial charge < -0.3 is 0 Å². The first kappa shape index (κ1) is 15.2. The summed E-state index contributed by atoms with van der Waals surface area (Å²) >= 11 is 3.44. The molecule has 21 heavy (non-hydrogen) atoms. The van der Waals surface area contributed by atoms with Crippen molar-refractivity contribution in [3.05, 3.63) is 28.5 Å². The molecule has 1 aromatic rings. The van der Waals surface area contributed by atoms with Crippen molar-refractivity contribution in [1.29, 1.82) is 0 Å². The molecule has 0 amide bonds. The first-order valence-electron chi connectivity index (χ1n) is 8.08. The lowest BCUT2D eigenvalue weighted by Gasteiger charge is -2.42. The van der Waals surface area contributed by atoms with Crippen LogP contribution in [0.1, 0.15) is 50.5 Å². The molecule has 3 nitrogen and oxygen atoms in total. The average molecular weight is 351 g/mol. The van der Waals surface area contributed by atoms with Crippen LogP contribution in [0.2, 0.25) is 0 Å². The van der Waals surface area contributed by atoms with Crippen LogP contribution in [-0.4, -0.2) is 34.3 Å². The van der Waals surface area contributed by atoms with Crippen LogP contribution in [0.25, 0.3) is 0 Å². The van der Waals surface area contributed by atoms with E-state index >= 15 is 0 Å². The average Bonchev–Trinajstić information content (AvgIpc) is 2.99. The van der Waals surface area contributed by atoms with Gasteiger partial charge >= 0.3 is 0 Å². The van der Waals surface area contributed by atoms with Gasteiger partial charge in [-0.25, -0.2) is 0 Å². The van der Waals surface area contributed by atoms with Crippen molar-refractivity contribution in [2.24, 2.45) is 0 Å². The Morgan fingerprint density at radius 1 is 1.14 bits per heavy atom. The Morgan fingerprint density at radius 3 is 2.52 bits per heavy atom. The van der Waals surface area contributed by atoms with Crippen molar-refractivity contribution in [2.45, 2.75) is 56.9 Å². The molecular formula is C17H23BrN2O. The smallest absolute Gasteiger partial charge is 0.157 e. The molecule has 0 aromatic carbocycles. The van der Waals surface area contributed by atoms with Crippen LogP contribution in [0.5, 0.6) is 0 Å². The molecule has 0 spiro atoms. The number of ketones is 1. The number of nitrogens with zero attached hydrogens (tertiary/aromatic N) is 2. The van der Waals surface area contributed by atoms with Gasteiger partial charge in [-0.3, -0.25) is 14.7 Å². The molecule has 114 valence electrons. The number of Topliss-reactive ketones (excluding diaryl/α,β-unsaturated/α-hetero) is 1. The fraction of sp³-hybridized carbons (Fsp3) is 0.647. The zero-order valence-electron chi connectivity index (χ0n) is 12.5. The van der Waals surface area contributed by atoms with Gasteiger partial charge in [-0.2, -0.15) is 0 Å². The van der Waals surface area contributed by atoms with Crippen molar-refractivity contribution >= 4 is 21.7 Å². The lowest BCUT2D eigenvalue weighted by Crippen LogP contribution is -2.55. The molecule has 2 heterocycles. The summed E-state index contributed by atoms with van der Waals surface area (Å²) in [4.78, 5) is 19.7. The van der Waals surface area contributed by atoms with E-state index in [2.05, 4.69) is 25.8 Å². The summed E-state index contributed by atoms with van der Waals surface area (Å²) in [6, 6.07) is 2.02. The zero-order chi connectivity index (χ0) is 14.7. The first-order chi connectivity index (χ1) is 10.2. The maximum absolute atomic E-state index is 13.1. The van der Waals surface area contributed by atoms with E-state index in [-0.39, 0.29) is 5.54 Å². The minimum absolute atomic E-state index is 0.178. The predicted molar refractivity (Wildman–Crippen MR) is 87.3 cm³/mol. The van der Waals surface area contributed by atoms with Crippen LogP contribution in [0.3, 0.4) is 0 Å². The molecule has 0 N–H and O–H groups in total. The van der Waals surface area contributed by atoms with E-state index in [1.165, 1.54) is 32.1 Å². The van der Waals surface area contributed by atoms with Crippen molar-refractivity contribution in [1.82, 2.24) is 9.88 Å². The highest BCUT2D eigenvalue weighted by molar-refractivity contribution is 9.10. The monoisotopic (exact) mass is 350 g/mol. The Balaban J connectivity index is 1.78. The van der Waals surface area contributed by atoms with Gasteiger partial charge in [0.1, 0.15) is 0 Å². The molecule has 2 aliphatic rings. The van der Waals surface area contributed by atoms with E-state index in [0.717, 1.165) is 36.0 Å². The molecule has 1 aliphatic carbocycles. The van der Waals surface area contributed by atoms with E-state index in [9.17, 15) is 4.79 Å². The molecule has 1 saturated carbocycles. The highest BCUT2D eigenvalue weighted by atomic mass is 79.9. The van der Waals surface area contributed by atoms with Gasteiger partial charge in [0.2, 0.25) is 0 Å². The third-order valence-corrected chi connectivity index (χ3v) is 5.47. The van der Waals surface area contributed by atoms with E-state index in [1.807, 2.05) is 12.3 Å². The van der Waals surface area contributed by atoms with Crippen LogP contribution in [0.4, 0.5) is 0 Å². The second kappa shape index (κ2) is 6.57. The Labute approximate surface area is 135 Å². The summed E-state index contributed by atoms with van der Waals surface area (Å²) in [6.07, 6.45) is 12.4. The zero-order valence-corrected chi connectivity index (χ0v) is 14.1. The quantitative estimate of drug-likeness (QED) is 0.828. The standard InChI is InChI=1S/C17H23BrN2O/c18-15-10-14(12-19-13-15)11-16(21)17(6-2-3-7-17)20-8-4-1-5-9-20/h10,12-13H,1-9,11H2. The maximum atomic E-state index is 13.1. The second-order valence-electron chi connectivity index (χ2n) is 6.40. The SMILES string of the molecule is O=C(Cc1cncc(Br)c1)C1(N2CCCCC2)CCCC1. The molecule has 0 bridgehead atoms. The largest absolute Gasteiger partial charge is 0.297 e. The second-order valence-corrected chi connectivity index (χ2v) is 7.31. The Hall–Kier alpha value is -0.740. The highest BCUT2D eigenvalue weighted by Crippen LogP contribution is 2.38. The highest BCUT2D eigenvalue weighted by Gasteiger charge is 2.45. The lowest BCUT2D eigenvalue weighted by atomic mass is 9.85. The molecule has 0 atom stereocenters. The van der Waals surface area contributed by atoms with E-state index in [0.29, 0.717) is 12.2 Å². The molecule has 1 saturated heterocycles. The number of aromatic nitrogens is 1. The summed E-state index contributed by atoms with van der Waals surface area (Å²) in [6.45, 7) is 2.20. The number of rotatable bonds is 4. The molecule has 3 rings (SSSR count). The number of halogens is 1. The summed E-state index contributed by atoms with van der Waals surface area (Å²) in [7, 11) is 0. The third kappa shape index (κ3) is 3.21. The molecule has 0 radical (unpaired) electrons. The first-order valence-corrected chi connectivity index (χ1v) is 8.88. The molecule has 4 heteroatoms. The molecule has 2 fully saturated rings. The van der Waals surface area contributed by atoms with Gasteiger partial charge in [-0.05, 0) is 66.3 Å². The van der Waals surface area contributed by atoms with Crippen molar-refractivity contribution in [3.63, 3.8) is 0 Å². The normalized spacial score (nSPS) is 22.3. The topological polar surface area (TPSA) is 33.2 Å². The number of carbonyl (C=O) groups is 1. The van der Waals surface area contributed by atoms with E-state index in [4.69, 9.17) is 0 Å².